The van der Waals surface area contributed by atoms with Gasteiger partial charge in [0.1, 0.15) is 18.7 Å². The average molecular weight is 566 g/mol. The number of furan rings is 1. The van der Waals surface area contributed by atoms with Gasteiger partial charge >= 0.3 is 7.60 Å². The van der Waals surface area contributed by atoms with E-state index in [4.69, 9.17) is 23.9 Å². The Bertz CT molecular complexity index is 1650. The molecule has 0 saturated carbocycles. The molecule has 4 rings (SSSR count). The Kier molecular flexibility index (Phi) is 8.18. The van der Waals surface area contributed by atoms with Crippen LogP contribution in [0, 0.1) is 4.91 Å². The summed E-state index contributed by atoms with van der Waals surface area (Å²) in [7, 11) is -7.26. The fourth-order valence-electron chi connectivity index (χ4n) is 3.25. The molecule has 1 atom stereocenters. The third-order valence-electron chi connectivity index (χ3n) is 5.14. The minimum Gasteiger partial charge on any atom is -0.438 e. The Balaban J connectivity index is 1.41. The summed E-state index contributed by atoms with van der Waals surface area (Å²) in [6.07, 6.45) is 2.04. The molecule has 17 heteroatoms. The second-order valence-electron chi connectivity index (χ2n) is 8.00. The Hall–Kier alpha value is -3.69. The first-order valence-corrected chi connectivity index (χ1v) is 14.6. The van der Waals surface area contributed by atoms with Gasteiger partial charge in [-0.1, -0.05) is 12.1 Å². The quantitative estimate of drug-likeness (QED) is 0.136. The second kappa shape index (κ2) is 11.4. The Morgan fingerprint density at radius 2 is 1.89 bits per heavy atom. The van der Waals surface area contributed by atoms with Crippen molar-refractivity contribution in [1.29, 1.82) is 0 Å². The van der Waals surface area contributed by atoms with Crippen LogP contribution < -0.4 is 11.3 Å². The second-order valence-corrected chi connectivity index (χ2v) is 12.0. The summed E-state index contributed by atoms with van der Waals surface area (Å²) in [6.45, 7) is -0.227. The number of nitrogens with two attached hydrogens (primary N) is 1. The van der Waals surface area contributed by atoms with Crippen molar-refractivity contribution in [1.82, 2.24) is 19.5 Å². The highest BCUT2D eigenvalue weighted by atomic mass is 32.2. The van der Waals surface area contributed by atoms with E-state index in [0.29, 0.717) is 5.56 Å². The highest BCUT2D eigenvalue weighted by Gasteiger charge is 2.26. The molecule has 3 aromatic heterocycles. The van der Waals surface area contributed by atoms with Crippen LogP contribution in [-0.2, 0) is 47.9 Å². The van der Waals surface area contributed by atoms with Gasteiger partial charge in [-0.15, -0.1) is 4.91 Å². The summed E-state index contributed by atoms with van der Waals surface area (Å²) in [4.78, 5) is 33.1. The molecule has 0 aliphatic carbocycles. The van der Waals surface area contributed by atoms with Crippen LogP contribution in [0.5, 0.6) is 0 Å². The summed E-state index contributed by atoms with van der Waals surface area (Å²) in [6, 6.07) is 8.65. The molecule has 0 spiro atoms. The fraction of sp³-hybridized carbons (Fsp3) is 0.286. The number of ether oxygens (including phenoxy) is 1. The minimum absolute atomic E-state index is 0.0274. The predicted molar refractivity (Wildman–Crippen MR) is 134 cm³/mol. The lowest BCUT2D eigenvalue weighted by Crippen LogP contribution is -2.13. The molecule has 0 aliphatic rings. The summed E-state index contributed by atoms with van der Waals surface area (Å²) in [5, 5.41) is 2.67. The van der Waals surface area contributed by atoms with Gasteiger partial charge in [0.05, 0.1) is 24.4 Å². The van der Waals surface area contributed by atoms with Gasteiger partial charge in [0.15, 0.2) is 21.0 Å². The number of rotatable bonds is 13. The number of anilines is 1. The van der Waals surface area contributed by atoms with Gasteiger partial charge in [-0.3, -0.25) is 18.9 Å². The summed E-state index contributed by atoms with van der Waals surface area (Å²) < 4.78 is 60.1. The first-order chi connectivity index (χ1) is 18.1. The van der Waals surface area contributed by atoms with Crippen molar-refractivity contribution in [2.24, 2.45) is 5.18 Å². The molecule has 4 aromatic rings. The molecular formula is C21H23N6O9PS. The van der Waals surface area contributed by atoms with E-state index < -0.39 is 29.3 Å². The largest absolute Gasteiger partial charge is 0.438 e. The highest BCUT2D eigenvalue weighted by molar-refractivity contribution is 7.90. The lowest BCUT2D eigenvalue weighted by Gasteiger charge is -2.18. The first kappa shape index (κ1) is 27.3. The van der Waals surface area contributed by atoms with Crippen molar-refractivity contribution in [3.8, 4) is 0 Å². The number of aromatic nitrogens is 4. The van der Waals surface area contributed by atoms with Gasteiger partial charge in [0.25, 0.3) is 11.4 Å². The summed E-state index contributed by atoms with van der Waals surface area (Å²) >= 11 is 0. The standard InChI is InChI=1S/C21H23N6O9PS/c1-38(31,32)16-5-2-14(3-6-16)10-34-37(30,35-11-15-4-7-17(26-29)36-15)13-33-9-8-27-12-23-18-19(27)24-21(22)25-20(18)28/h2-7,12H,8-11,13H2,1H3,(H3,22,24,25,28). The van der Waals surface area contributed by atoms with Crippen LogP contribution in [0.2, 0.25) is 0 Å². The van der Waals surface area contributed by atoms with E-state index in [1.807, 2.05) is 0 Å². The molecule has 1 unspecified atom stereocenters. The number of nitrogens with zero attached hydrogens (tertiary/aromatic N) is 4. The van der Waals surface area contributed by atoms with E-state index in [9.17, 15) is 22.7 Å². The molecule has 0 bridgehead atoms. The lowest BCUT2D eigenvalue weighted by molar-refractivity contribution is 0.114. The van der Waals surface area contributed by atoms with Crippen molar-refractivity contribution in [3.05, 3.63) is 69.3 Å². The van der Waals surface area contributed by atoms with Crippen LogP contribution in [0.1, 0.15) is 11.3 Å². The summed E-state index contributed by atoms with van der Waals surface area (Å²) in [5.41, 5.74) is 6.04. The topological polar surface area (TPSA) is 211 Å². The van der Waals surface area contributed by atoms with Gasteiger partial charge in [0, 0.05) is 24.0 Å². The van der Waals surface area contributed by atoms with E-state index in [2.05, 4.69) is 20.1 Å². The average Bonchev–Trinajstić information content (AvgIpc) is 3.51. The molecule has 38 heavy (non-hydrogen) atoms. The number of H-pyrrole nitrogens is 1. The fourth-order valence-corrected chi connectivity index (χ4v) is 5.12. The molecular weight excluding hydrogens is 543 g/mol. The number of benzene rings is 1. The molecule has 0 fully saturated rings. The molecule has 0 amide bonds. The monoisotopic (exact) mass is 566 g/mol. The number of nitrogens with one attached hydrogen (secondary N) is 1. The summed E-state index contributed by atoms with van der Waals surface area (Å²) in [5.74, 6) is -0.0335. The number of sulfone groups is 1. The smallest absolute Gasteiger partial charge is 0.356 e. The molecule has 15 nitrogen and oxygen atoms in total. The van der Waals surface area contributed by atoms with Gasteiger partial charge in [0.2, 0.25) is 5.95 Å². The molecule has 1 aromatic carbocycles. The maximum Gasteiger partial charge on any atom is 0.356 e. The van der Waals surface area contributed by atoms with Crippen molar-refractivity contribution in [3.63, 3.8) is 0 Å². The zero-order chi connectivity index (χ0) is 27.3. The third kappa shape index (κ3) is 6.79. The van der Waals surface area contributed by atoms with Gasteiger partial charge in [-0.25, -0.2) is 13.4 Å². The Labute approximate surface area is 215 Å². The van der Waals surface area contributed by atoms with Crippen molar-refractivity contribution in [2.75, 3.05) is 24.9 Å². The number of hydrogen-bond acceptors (Lipinski definition) is 13. The normalized spacial score (nSPS) is 13.5. The highest BCUT2D eigenvalue weighted by Crippen LogP contribution is 2.50. The van der Waals surface area contributed by atoms with Crippen LogP contribution in [0.4, 0.5) is 11.8 Å². The number of fused-ring (bicyclic) bond motifs is 1. The zero-order valence-electron chi connectivity index (χ0n) is 20.0. The van der Waals surface area contributed by atoms with E-state index in [1.165, 1.54) is 42.7 Å². The van der Waals surface area contributed by atoms with E-state index in [1.54, 1.807) is 4.57 Å². The van der Waals surface area contributed by atoms with Gasteiger partial charge in [-0.2, -0.15) is 4.98 Å². The van der Waals surface area contributed by atoms with Crippen molar-refractivity contribution in [2.45, 2.75) is 24.7 Å². The number of imidazole rings is 1. The number of nitrogen functional groups attached to an aromatic ring is 1. The van der Waals surface area contributed by atoms with Crippen molar-refractivity contribution >= 4 is 40.4 Å². The van der Waals surface area contributed by atoms with Gasteiger partial charge in [-0.05, 0) is 23.8 Å². The Morgan fingerprint density at radius 3 is 2.58 bits per heavy atom. The van der Waals surface area contributed by atoms with E-state index in [-0.39, 0.29) is 60.0 Å². The first-order valence-electron chi connectivity index (χ1n) is 10.9. The maximum absolute atomic E-state index is 13.4. The molecule has 202 valence electrons. The zero-order valence-corrected chi connectivity index (χ0v) is 21.7. The number of aromatic amines is 1. The van der Waals surface area contributed by atoms with Crippen LogP contribution in [0.25, 0.3) is 11.2 Å². The van der Waals surface area contributed by atoms with E-state index >= 15 is 0 Å². The van der Waals surface area contributed by atoms with Crippen LogP contribution >= 0.6 is 7.60 Å². The molecule has 0 aliphatic heterocycles. The third-order valence-corrected chi connectivity index (χ3v) is 7.81. The van der Waals surface area contributed by atoms with Crippen LogP contribution in [0.15, 0.2) is 62.0 Å². The number of nitroso groups, excluding NO2 is 1. The number of hydrogen-bond donors (Lipinski definition) is 2. The molecule has 3 N–H and O–H groups in total. The van der Waals surface area contributed by atoms with Crippen LogP contribution in [-0.4, -0.2) is 47.1 Å². The SMILES string of the molecule is CS(=O)(=O)c1ccc(COP(=O)(COCCn2cnc3c(=O)[nH]c(N)nc32)OCc2ccc(N=O)o2)cc1. The van der Waals surface area contributed by atoms with E-state index in [0.717, 1.165) is 6.26 Å². The van der Waals surface area contributed by atoms with Gasteiger partial charge < -0.3 is 24.0 Å². The minimum atomic E-state index is -3.89. The Morgan fingerprint density at radius 1 is 1.16 bits per heavy atom. The van der Waals surface area contributed by atoms with Crippen LogP contribution in [0.3, 0.4) is 0 Å². The lowest BCUT2D eigenvalue weighted by atomic mass is 10.2. The molecule has 0 saturated heterocycles. The molecule has 0 radical (unpaired) electrons. The maximum atomic E-state index is 13.4. The van der Waals surface area contributed by atoms with Crippen molar-refractivity contribution < 1.29 is 31.2 Å². The molecule has 3 heterocycles. The predicted octanol–water partition coefficient (Wildman–Crippen LogP) is 2.70.